The Bertz CT molecular complexity index is 1890. The average Bonchev–Trinajstić information content (AvgIpc) is 3.42. The first-order valence-corrected chi connectivity index (χ1v) is 11.5. The quantitative estimate of drug-likeness (QED) is 0.274. The molecule has 0 spiro atoms. The fourth-order valence-electron chi connectivity index (χ4n) is 5.96. The van der Waals surface area contributed by atoms with Gasteiger partial charge in [-0.15, -0.1) is 0 Å². The fourth-order valence-corrected chi connectivity index (χ4v) is 5.96. The molecule has 1 heterocycles. The second-order valence-corrected chi connectivity index (χ2v) is 9.00. The van der Waals surface area contributed by atoms with Crippen LogP contribution in [0.25, 0.3) is 76.7 Å². The molecule has 1 N–H and O–H groups in total. The molecule has 0 radical (unpaired) electrons. The van der Waals surface area contributed by atoms with Gasteiger partial charge in [-0.25, -0.2) is 0 Å². The van der Waals surface area contributed by atoms with E-state index in [0.29, 0.717) is 0 Å². The second-order valence-electron chi connectivity index (χ2n) is 9.00. The molecule has 7 aromatic rings. The lowest BCUT2D eigenvalue weighted by molar-refractivity contribution is 1.54. The fraction of sp³-hybridized carbons (Fsp3) is 0. The average molecular weight is 418 g/mol. The molecule has 1 aliphatic rings. The highest BCUT2D eigenvalue weighted by Crippen LogP contribution is 2.49. The Balaban J connectivity index is 1.49. The number of aromatic amines is 1. The van der Waals surface area contributed by atoms with E-state index in [1.54, 1.807) is 0 Å². The largest absolute Gasteiger partial charge is 0.354 e. The third kappa shape index (κ3) is 2.16. The first-order chi connectivity index (χ1) is 16.4. The van der Waals surface area contributed by atoms with Crippen molar-refractivity contribution >= 4 is 43.4 Å². The normalized spacial score (nSPS) is 12.2. The van der Waals surface area contributed by atoms with E-state index in [1.807, 2.05) is 0 Å². The standard InChI is InChI=1S/C32H19N/c1-2-8-20-19(7-1)15-18-29-31(20)28-14-6-13-27(32(28)33-29)23-16-17-26-22-10-4-3-9-21(22)24-11-5-12-25(23)30(24)26/h1-18,33H. The van der Waals surface area contributed by atoms with Crippen molar-refractivity contribution in [3.05, 3.63) is 109 Å². The predicted molar refractivity (Wildman–Crippen MR) is 141 cm³/mol. The minimum Gasteiger partial charge on any atom is -0.354 e. The number of hydrogen-bond acceptors (Lipinski definition) is 0. The van der Waals surface area contributed by atoms with Crippen LogP contribution in [0.3, 0.4) is 0 Å². The zero-order chi connectivity index (χ0) is 21.5. The summed E-state index contributed by atoms with van der Waals surface area (Å²) in [5, 5.41) is 7.86. The number of nitrogens with one attached hydrogen (secondary N) is 1. The predicted octanol–water partition coefficient (Wildman–Crippen LogP) is 8.94. The van der Waals surface area contributed by atoms with Crippen LogP contribution < -0.4 is 0 Å². The molecule has 0 bridgehead atoms. The summed E-state index contributed by atoms with van der Waals surface area (Å²) in [6.45, 7) is 0. The summed E-state index contributed by atoms with van der Waals surface area (Å²) in [5.41, 5.74) is 10.3. The smallest absolute Gasteiger partial charge is 0.0544 e. The maximum absolute atomic E-state index is 3.76. The molecule has 0 aliphatic heterocycles. The van der Waals surface area contributed by atoms with Crippen LogP contribution in [0.4, 0.5) is 0 Å². The van der Waals surface area contributed by atoms with Gasteiger partial charge < -0.3 is 4.98 Å². The lowest BCUT2D eigenvalue weighted by Gasteiger charge is -2.11. The van der Waals surface area contributed by atoms with Gasteiger partial charge in [-0.3, -0.25) is 0 Å². The van der Waals surface area contributed by atoms with Gasteiger partial charge in [-0.1, -0.05) is 103 Å². The van der Waals surface area contributed by atoms with Crippen LogP contribution >= 0.6 is 0 Å². The van der Waals surface area contributed by atoms with Crippen LogP contribution in [0, 0.1) is 0 Å². The third-order valence-corrected chi connectivity index (χ3v) is 7.36. The van der Waals surface area contributed by atoms with Gasteiger partial charge in [0.05, 0.1) is 5.52 Å². The minimum atomic E-state index is 1.19. The van der Waals surface area contributed by atoms with E-state index < -0.39 is 0 Å². The van der Waals surface area contributed by atoms with Gasteiger partial charge in [0.25, 0.3) is 0 Å². The van der Waals surface area contributed by atoms with E-state index in [1.165, 1.54) is 76.7 Å². The molecule has 0 fully saturated rings. The van der Waals surface area contributed by atoms with Gasteiger partial charge in [-0.2, -0.15) is 0 Å². The zero-order valence-corrected chi connectivity index (χ0v) is 17.9. The van der Waals surface area contributed by atoms with Crippen molar-refractivity contribution < 1.29 is 0 Å². The number of fused-ring (bicyclic) bond motifs is 8. The number of hydrogen-bond donors (Lipinski definition) is 1. The van der Waals surface area contributed by atoms with Crippen molar-refractivity contribution in [3.8, 4) is 33.4 Å². The highest BCUT2D eigenvalue weighted by molar-refractivity contribution is 6.24. The topological polar surface area (TPSA) is 15.8 Å². The first kappa shape index (κ1) is 17.2. The summed E-state index contributed by atoms with van der Waals surface area (Å²) in [5.74, 6) is 0. The lowest BCUT2D eigenvalue weighted by atomic mass is 9.93. The minimum absolute atomic E-state index is 1.19. The Hall–Kier alpha value is -4.36. The Kier molecular flexibility index (Phi) is 3.19. The summed E-state index contributed by atoms with van der Waals surface area (Å²) < 4.78 is 0. The molecule has 1 nitrogen and oxygen atoms in total. The Morgan fingerprint density at radius 1 is 0.364 bits per heavy atom. The molecule has 1 aromatic heterocycles. The molecule has 0 saturated heterocycles. The molecule has 0 amide bonds. The number of H-pyrrole nitrogens is 1. The number of benzene rings is 6. The molecule has 152 valence electrons. The van der Waals surface area contributed by atoms with Crippen LogP contribution in [0.1, 0.15) is 0 Å². The third-order valence-electron chi connectivity index (χ3n) is 7.36. The lowest BCUT2D eigenvalue weighted by Crippen LogP contribution is -1.85. The Labute approximate surface area is 190 Å². The van der Waals surface area contributed by atoms with Crippen molar-refractivity contribution in [2.45, 2.75) is 0 Å². The van der Waals surface area contributed by atoms with Crippen molar-refractivity contribution in [2.75, 3.05) is 0 Å². The van der Waals surface area contributed by atoms with Crippen LogP contribution in [-0.2, 0) is 0 Å². The van der Waals surface area contributed by atoms with Crippen molar-refractivity contribution in [2.24, 2.45) is 0 Å². The molecule has 1 aliphatic carbocycles. The number of aromatic nitrogens is 1. The van der Waals surface area contributed by atoms with Crippen LogP contribution in [-0.4, -0.2) is 4.98 Å². The van der Waals surface area contributed by atoms with Gasteiger partial charge >= 0.3 is 0 Å². The molecule has 33 heavy (non-hydrogen) atoms. The Morgan fingerprint density at radius 3 is 1.88 bits per heavy atom. The van der Waals surface area contributed by atoms with E-state index in [2.05, 4.69) is 114 Å². The van der Waals surface area contributed by atoms with Crippen LogP contribution in [0.2, 0.25) is 0 Å². The molecular weight excluding hydrogens is 398 g/mol. The molecule has 8 rings (SSSR count). The molecule has 6 aromatic carbocycles. The first-order valence-electron chi connectivity index (χ1n) is 11.5. The van der Waals surface area contributed by atoms with Crippen LogP contribution in [0.5, 0.6) is 0 Å². The van der Waals surface area contributed by atoms with Gasteiger partial charge in [-0.05, 0) is 55.4 Å². The molecular formula is C32H19N. The molecule has 0 atom stereocenters. The van der Waals surface area contributed by atoms with E-state index in [4.69, 9.17) is 0 Å². The zero-order valence-electron chi connectivity index (χ0n) is 17.9. The summed E-state index contributed by atoms with van der Waals surface area (Å²) >= 11 is 0. The summed E-state index contributed by atoms with van der Waals surface area (Å²) in [6.07, 6.45) is 0. The molecule has 0 saturated carbocycles. The van der Waals surface area contributed by atoms with Crippen molar-refractivity contribution in [1.82, 2.24) is 4.98 Å². The maximum atomic E-state index is 3.76. The molecule has 0 unspecified atom stereocenters. The monoisotopic (exact) mass is 417 g/mol. The van der Waals surface area contributed by atoms with Crippen molar-refractivity contribution in [3.63, 3.8) is 0 Å². The van der Waals surface area contributed by atoms with E-state index in [9.17, 15) is 0 Å². The maximum Gasteiger partial charge on any atom is 0.0544 e. The van der Waals surface area contributed by atoms with Crippen molar-refractivity contribution in [1.29, 1.82) is 0 Å². The Morgan fingerprint density at radius 2 is 1.00 bits per heavy atom. The summed E-state index contributed by atoms with van der Waals surface area (Å²) in [7, 11) is 0. The highest BCUT2D eigenvalue weighted by Gasteiger charge is 2.23. The van der Waals surface area contributed by atoms with E-state index >= 15 is 0 Å². The van der Waals surface area contributed by atoms with Crippen LogP contribution in [0.15, 0.2) is 109 Å². The SMILES string of the molecule is c1ccc2c(c1)-c1cccc3c(-c4cccc5c4[nH]c4ccc6ccccc6c45)ccc-2c13. The number of para-hydroxylation sites is 1. The van der Waals surface area contributed by atoms with E-state index in [0.717, 1.165) is 0 Å². The highest BCUT2D eigenvalue weighted by atomic mass is 14.7. The van der Waals surface area contributed by atoms with Gasteiger partial charge in [0.1, 0.15) is 0 Å². The summed E-state index contributed by atoms with van der Waals surface area (Å²) in [6, 6.07) is 39.9. The number of rotatable bonds is 1. The van der Waals surface area contributed by atoms with E-state index in [-0.39, 0.29) is 0 Å². The second kappa shape index (κ2) is 6.11. The van der Waals surface area contributed by atoms with Gasteiger partial charge in [0, 0.05) is 21.9 Å². The molecule has 1 heteroatoms. The summed E-state index contributed by atoms with van der Waals surface area (Å²) in [4.78, 5) is 3.76. The van der Waals surface area contributed by atoms with Gasteiger partial charge in [0.2, 0.25) is 0 Å². The van der Waals surface area contributed by atoms with Gasteiger partial charge in [0.15, 0.2) is 0 Å².